The van der Waals surface area contributed by atoms with Gasteiger partial charge in [0.25, 0.3) is 0 Å². The van der Waals surface area contributed by atoms with Crippen molar-refractivity contribution in [3.05, 3.63) is 53.6 Å². The lowest BCUT2D eigenvalue weighted by Crippen LogP contribution is -2.42. The van der Waals surface area contributed by atoms with Gasteiger partial charge in [0, 0.05) is 37.3 Å². The van der Waals surface area contributed by atoms with Crippen molar-refractivity contribution in [2.24, 2.45) is 0 Å². The summed E-state index contributed by atoms with van der Waals surface area (Å²) in [6, 6.07) is 14.2. The van der Waals surface area contributed by atoms with Gasteiger partial charge in [0.2, 0.25) is 0 Å². The predicted octanol–water partition coefficient (Wildman–Crippen LogP) is 2.52. The Morgan fingerprint density at radius 2 is 1.71 bits per heavy atom. The van der Waals surface area contributed by atoms with Crippen LogP contribution in [0, 0.1) is 0 Å². The summed E-state index contributed by atoms with van der Waals surface area (Å²) in [4.78, 5) is 0. The maximum Gasteiger partial charge on any atom is 0.164 e. The molecule has 3 rings (SSSR count). The molecule has 2 aromatic rings. The molecule has 1 fully saturated rings. The molecule has 1 atom stereocenters. The number of methoxy groups -OCH3 is 2. The Kier molecular flexibility index (Phi) is 5.56. The molecule has 2 N–H and O–H groups in total. The largest absolute Gasteiger partial charge is 0.493 e. The molecule has 24 heavy (non-hydrogen) atoms. The quantitative estimate of drug-likeness (QED) is 0.853. The third kappa shape index (κ3) is 3.80. The number of nitrogens with one attached hydrogen (secondary N) is 2. The Labute approximate surface area is 142 Å². The molecule has 5 nitrogen and oxygen atoms in total. The highest BCUT2D eigenvalue weighted by molar-refractivity contribution is 5.52. The van der Waals surface area contributed by atoms with E-state index in [9.17, 15) is 0 Å². The van der Waals surface area contributed by atoms with Crippen molar-refractivity contribution in [3.8, 4) is 17.2 Å². The molecule has 1 saturated heterocycles. The SMILES string of the molecule is COc1cc(OCc2ccccc2)c([C@H]2CNCCN2)cc1OC. The van der Waals surface area contributed by atoms with Crippen LogP contribution in [0.1, 0.15) is 17.2 Å². The standard InChI is InChI=1S/C19H24N2O3/c1-22-18-10-15(16-12-20-8-9-21-16)17(11-19(18)23-2)24-13-14-6-4-3-5-7-14/h3-7,10-11,16,20-21H,8-9,12-13H2,1-2H3/t16-/m1/s1. The average molecular weight is 328 g/mol. The Morgan fingerprint density at radius 1 is 0.958 bits per heavy atom. The molecule has 0 spiro atoms. The molecule has 0 aliphatic carbocycles. The highest BCUT2D eigenvalue weighted by atomic mass is 16.5. The van der Waals surface area contributed by atoms with Gasteiger partial charge in [-0.3, -0.25) is 0 Å². The highest BCUT2D eigenvalue weighted by Crippen LogP contribution is 2.38. The smallest absolute Gasteiger partial charge is 0.164 e. The number of hydrogen-bond acceptors (Lipinski definition) is 5. The van der Waals surface area contributed by atoms with E-state index in [1.807, 2.05) is 30.3 Å². The number of benzene rings is 2. The fourth-order valence-electron chi connectivity index (χ4n) is 2.88. The van der Waals surface area contributed by atoms with Crippen molar-refractivity contribution in [3.63, 3.8) is 0 Å². The van der Waals surface area contributed by atoms with Gasteiger partial charge in [-0.15, -0.1) is 0 Å². The zero-order valence-corrected chi connectivity index (χ0v) is 14.2. The molecule has 0 unspecified atom stereocenters. The van der Waals surface area contributed by atoms with Crippen molar-refractivity contribution < 1.29 is 14.2 Å². The monoisotopic (exact) mass is 328 g/mol. The van der Waals surface area contributed by atoms with Crippen molar-refractivity contribution in [2.75, 3.05) is 33.9 Å². The van der Waals surface area contributed by atoms with E-state index in [0.717, 1.165) is 36.5 Å². The van der Waals surface area contributed by atoms with Gasteiger partial charge in [0.15, 0.2) is 11.5 Å². The molecule has 128 valence electrons. The molecule has 0 saturated carbocycles. The minimum atomic E-state index is 0.185. The Hall–Kier alpha value is -2.24. The van der Waals surface area contributed by atoms with Crippen LogP contribution in [0.4, 0.5) is 0 Å². The maximum absolute atomic E-state index is 6.12. The second-order valence-electron chi connectivity index (χ2n) is 5.73. The number of ether oxygens (including phenoxy) is 3. The number of piperazine rings is 1. The third-order valence-electron chi connectivity index (χ3n) is 4.17. The lowest BCUT2D eigenvalue weighted by Gasteiger charge is -2.27. The fraction of sp³-hybridized carbons (Fsp3) is 0.368. The summed E-state index contributed by atoms with van der Waals surface area (Å²) in [5.74, 6) is 2.21. The van der Waals surface area contributed by atoms with Crippen LogP contribution in [0.25, 0.3) is 0 Å². The first-order chi connectivity index (χ1) is 11.8. The van der Waals surface area contributed by atoms with Crippen LogP contribution in [0.5, 0.6) is 17.2 Å². The van der Waals surface area contributed by atoms with Gasteiger partial charge in [-0.2, -0.15) is 0 Å². The fourth-order valence-corrected chi connectivity index (χ4v) is 2.88. The first-order valence-corrected chi connectivity index (χ1v) is 8.18. The van der Waals surface area contributed by atoms with Crippen molar-refractivity contribution in [1.29, 1.82) is 0 Å². The summed E-state index contributed by atoms with van der Waals surface area (Å²) < 4.78 is 17.0. The molecule has 1 heterocycles. The van der Waals surface area contributed by atoms with Crippen LogP contribution in [0.2, 0.25) is 0 Å². The minimum Gasteiger partial charge on any atom is -0.493 e. The van der Waals surface area contributed by atoms with Crippen LogP contribution < -0.4 is 24.8 Å². The molecule has 0 aromatic heterocycles. The summed E-state index contributed by atoms with van der Waals surface area (Å²) in [6.07, 6.45) is 0. The van der Waals surface area contributed by atoms with Gasteiger partial charge in [0.05, 0.1) is 14.2 Å². The Balaban J connectivity index is 1.88. The molecule has 0 radical (unpaired) electrons. The predicted molar refractivity (Wildman–Crippen MR) is 93.9 cm³/mol. The van der Waals surface area contributed by atoms with Crippen molar-refractivity contribution in [2.45, 2.75) is 12.6 Å². The third-order valence-corrected chi connectivity index (χ3v) is 4.17. The van der Waals surface area contributed by atoms with Gasteiger partial charge in [-0.05, 0) is 11.6 Å². The summed E-state index contributed by atoms with van der Waals surface area (Å²) in [5, 5.41) is 6.93. The molecular weight excluding hydrogens is 304 g/mol. The second-order valence-corrected chi connectivity index (χ2v) is 5.73. The Morgan fingerprint density at radius 3 is 2.38 bits per heavy atom. The van der Waals surface area contributed by atoms with E-state index in [1.165, 1.54) is 0 Å². The van der Waals surface area contributed by atoms with Gasteiger partial charge < -0.3 is 24.8 Å². The molecule has 2 aromatic carbocycles. The van der Waals surface area contributed by atoms with E-state index in [-0.39, 0.29) is 6.04 Å². The lowest BCUT2D eigenvalue weighted by atomic mass is 10.0. The Bertz CT molecular complexity index is 655. The first kappa shape index (κ1) is 16.6. The van der Waals surface area contributed by atoms with Gasteiger partial charge in [-0.1, -0.05) is 30.3 Å². The first-order valence-electron chi connectivity index (χ1n) is 8.18. The normalized spacial score (nSPS) is 17.3. The van der Waals surface area contributed by atoms with E-state index in [2.05, 4.69) is 22.8 Å². The zero-order chi connectivity index (χ0) is 16.8. The summed E-state index contributed by atoms with van der Waals surface area (Å²) in [5.41, 5.74) is 2.21. The molecule has 1 aliphatic rings. The van der Waals surface area contributed by atoms with Crippen molar-refractivity contribution in [1.82, 2.24) is 10.6 Å². The van der Waals surface area contributed by atoms with Crippen LogP contribution in [-0.4, -0.2) is 33.9 Å². The lowest BCUT2D eigenvalue weighted by molar-refractivity contribution is 0.290. The van der Waals surface area contributed by atoms with E-state index >= 15 is 0 Å². The van der Waals surface area contributed by atoms with Crippen LogP contribution in [-0.2, 0) is 6.61 Å². The van der Waals surface area contributed by atoms with E-state index in [0.29, 0.717) is 18.1 Å². The maximum atomic E-state index is 6.12. The van der Waals surface area contributed by atoms with E-state index in [1.54, 1.807) is 14.2 Å². The van der Waals surface area contributed by atoms with Crippen LogP contribution in [0.3, 0.4) is 0 Å². The molecule has 0 amide bonds. The highest BCUT2D eigenvalue weighted by Gasteiger charge is 2.21. The summed E-state index contributed by atoms with van der Waals surface area (Å²) >= 11 is 0. The molecule has 1 aliphatic heterocycles. The van der Waals surface area contributed by atoms with Crippen LogP contribution >= 0.6 is 0 Å². The van der Waals surface area contributed by atoms with E-state index < -0.39 is 0 Å². The van der Waals surface area contributed by atoms with Gasteiger partial charge >= 0.3 is 0 Å². The second kappa shape index (κ2) is 8.04. The van der Waals surface area contributed by atoms with Crippen molar-refractivity contribution >= 4 is 0 Å². The number of rotatable bonds is 6. The van der Waals surface area contributed by atoms with Gasteiger partial charge in [-0.25, -0.2) is 0 Å². The molecule has 5 heteroatoms. The molecular formula is C19H24N2O3. The zero-order valence-electron chi connectivity index (χ0n) is 14.2. The minimum absolute atomic E-state index is 0.185. The van der Waals surface area contributed by atoms with Crippen LogP contribution in [0.15, 0.2) is 42.5 Å². The summed E-state index contributed by atoms with van der Waals surface area (Å²) in [6.45, 7) is 3.28. The van der Waals surface area contributed by atoms with E-state index in [4.69, 9.17) is 14.2 Å². The van der Waals surface area contributed by atoms with Gasteiger partial charge in [0.1, 0.15) is 12.4 Å². The topological polar surface area (TPSA) is 51.8 Å². The number of hydrogen-bond donors (Lipinski definition) is 2. The summed E-state index contributed by atoms with van der Waals surface area (Å²) in [7, 11) is 3.29. The average Bonchev–Trinajstić information content (AvgIpc) is 2.67. The molecule has 0 bridgehead atoms.